The number of rotatable bonds is 5. The number of esters is 1. The lowest BCUT2D eigenvalue weighted by atomic mass is 10.4. The van der Waals surface area contributed by atoms with Gasteiger partial charge in [0, 0.05) is 25.2 Å². The van der Waals surface area contributed by atoms with E-state index in [2.05, 4.69) is 10.3 Å². The van der Waals surface area contributed by atoms with E-state index in [0.29, 0.717) is 35.2 Å². The van der Waals surface area contributed by atoms with Crippen molar-refractivity contribution in [3.05, 3.63) is 34.0 Å². The molecule has 0 aromatic carbocycles. The molecule has 9 heteroatoms. The van der Waals surface area contributed by atoms with Crippen molar-refractivity contribution in [2.24, 2.45) is 12.8 Å². The van der Waals surface area contributed by atoms with Crippen LogP contribution in [0.4, 0.5) is 5.69 Å². The molecule has 120 valence electrons. The molecule has 0 radical (unpaired) electrons. The van der Waals surface area contributed by atoms with Gasteiger partial charge in [0.2, 0.25) is 0 Å². The summed E-state index contributed by atoms with van der Waals surface area (Å²) < 4.78 is 6.53. The number of amides is 1. The average Bonchev–Trinajstić information content (AvgIpc) is 3.05. The lowest BCUT2D eigenvalue weighted by Gasteiger charge is -2.01. The third kappa shape index (κ3) is 4.06. The van der Waals surface area contributed by atoms with Crippen LogP contribution in [0, 0.1) is 0 Å². The topological polar surface area (TPSA) is 99.2 Å². The Bertz CT molecular complexity index is 668. The zero-order chi connectivity index (χ0) is 15.4. The average molecular weight is 345 g/mol. The van der Waals surface area contributed by atoms with Gasteiger partial charge in [-0.25, -0.2) is 9.78 Å². The van der Waals surface area contributed by atoms with Crippen molar-refractivity contribution in [1.29, 1.82) is 0 Å². The Hall–Kier alpha value is -1.90. The molecule has 0 aliphatic carbocycles. The van der Waals surface area contributed by atoms with Gasteiger partial charge in [0.15, 0.2) is 0 Å². The molecule has 7 nitrogen and oxygen atoms in total. The highest BCUT2D eigenvalue weighted by Crippen LogP contribution is 2.16. The molecule has 0 spiro atoms. The number of halogens is 1. The number of aromatic nitrogens is 2. The summed E-state index contributed by atoms with van der Waals surface area (Å²) in [5, 5.41) is 5.03. The van der Waals surface area contributed by atoms with E-state index in [4.69, 9.17) is 10.5 Å². The predicted octanol–water partition coefficient (Wildman–Crippen LogP) is 1.79. The maximum atomic E-state index is 12.0. The van der Waals surface area contributed by atoms with Crippen LogP contribution in [-0.4, -0.2) is 28.0 Å². The normalized spacial score (nSPS) is 9.95. The minimum Gasteiger partial charge on any atom is -0.461 e. The molecule has 3 N–H and O–H groups in total. The number of nitrogens with one attached hydrogen (secondary N) is 1. The van der Waals surface area contributed by atoms with Crippen molar-refractivity contribution in [2.75, 3.05) is 11.9 Å². The molecule has 0 bridgehead atoms. The van der Waals surface area contributed by atoms with Gasteiger partial charge in [-0.3, -0.25) is 4.79 Å². The largest absolute Gasteiger partial charge is 0.461 e. The van der Waals surface area contributed by atoms with Gasteiger partial charge in [-0.1, -0.05) is 0 Å². The van der Waals surface area contributed by atoms with E-state index in [9.17, 15) is 9.59 Å². The molecule has 0 aliphatic rings. The first-order valence-electron chi connectivity index (χ1n) is 6.34. The molecule has 2 aromatic heterocycles. The Morgan fingerprint density at radius 2 is 2.23 bits per heavy atom. The third-order valence-electron chi connectivity index (χ3n) is 2.71. The number of aryl methyl sites for hydroxylation is 1. The number of thiazole rings is 1. The Balaban J connectivity index is 0.00000242. The van der Waals surface area contributed by atoms with Crippen molar-refractivity contribution >= 4 is 41.3 Å². The van der Waals surface area contributed by atoms with Gasteiger partial charge >= 0.3 is 5.97 Å². The summed E-state index contributed by atoms with van der Waals surface area (Å²) in [4.78, 5) is 27.8. The molecule has 0 saturated carbocycles. The van der Waals surface area contributed by atoms with Gasteiger partial charge in [-0.2, -0.15) is 0 Å². The fraction of sp³-hybridized carbons (Fsp3) is 0.308. The molecule has 2 heterocycles. The first-order valence-corrected chi connectivity index (χ1v) is 7.22. The van der Waals surface area contributed by atoms with E-state index in [1.807, 2.05) is 0 Å². The number of ether oxygens (including phenoxy) is 1. The zero-order valence-corrected chi connectivity index (χ0v) is 13.8. The van der Waals surface area contributed by atoms with Gasteiger partial charge in [-0.15, -0.1) is 23.7 Å². The smallest absolute Gasteiger partial charge is 0.355 e. The molecule has 0 unspecified atom stereocenters. The van der Waals surface area contributed by atoms with E-state index in [1.54, 1.807) is 36.2 Å². The Morgan fingerprint density at radius 3 is 2.82 bits per heavy atom. The van der Waals surface area contributed by atoms with Gasteiger partial charge in [0.1, 0.15) is 16.4 Å². The van der Waals surface area contributed by atoms with Crippen LogP contribution in [0.1, 0.15) is 32.9 Å². The van der Waals surface area contributed by atoms with Crippen LogP contribution in [0.2, 0.25) is 0 Å². The number of nitrogens with zero attached hydrogens (tertiary/aromatic N) is 2. The zero-order valence-electron chi connectivity index (χ0n) is 12.2. The lowest BCUT2D eigenvalue weighted by Crippen LogP contribution is -2.12. The molecule has 2 rings (SSSR count). The fourth-order valence-corrected chi connectivity index (χ4v) is 2.40. The first kappa shape index (κ1) is 18.1. The quantitative estimate of drug-likeness (QED) is 0.805. The fourth-order valence-electron chi connectivity index (χ4n) is 1.74. The summed E-state index contributed by atoms with van der Waals surface area (Å²) in [6.07, 6.45) is 1.64. The second-order valence-corrected chi connectivity index (χ2v) is 5.17. The number of hydrogen-bond donors (Lipinski definition) is 2. The lowest BCUT2D eigenvalue weighted by molar-refractivity contribution is 0.0515. The summed E-state index contributed by atoms with van der Waals surface area (Å²) in [5.74, 6) is -0.772. The van der Waals surface area contributed by atoms with Crippen LogP contribution in [0.5, 0.6) is 0 Å². The number of anilines is 1. The Kier molecular flexibility index (Phi) is 6.54. The Morgan fingerprint density at radius 1 is 1.50 bits per heavy atom. The van der Waals surface area contributed by atoms with Crippen molar-refractivity contribution in [3.63, 3.8) is 0 Å². The number of hydrogen-bond acceptors (Lipinski definition) is 6. The molecule has 22 heavy (non-hydrogen) atoms. The van der Waals surface area contributed by atoms with Crippen molar-refractivity contribution in [3.8, 4) is 0 Å². The summed E-state index contributed by atoms with van der Waals surface area (Å²) in [7, 11) is 1.71. The van der Waals surface area contributed by atoms with Crippen LogP contribution in [-0.2, 0) is 18.3 Å². The monoisotopic (exact) mass is 344 g/mol. The van der Waals surface area contributed by atoms with Crippen LogP contribution >= 0.6 is 23.7 Å². The molecule has 2 aromatic rings. The van der Waals surface area contributed by atoms with E-state index >= 15 is 0 Å². The van der Waals surface area contributed by atoms with Crippen LogP contribution < -0.4 is 11.1 Å². The number of carbonyl (C=O) groups is 2. The third-order valence-corrected chi connectivity index (χ3v) is 3.58. The first-order chi connectivity index (χ1) is 10.0. The van der Waals surface area contributed by atoms with E-state index in [-0.39, 0.29) is 18.3 Å². The minimum absolute atomic E-state index is 0. The van der Waals surface area contributed by atoms with Crippen LogP contribution in [0.3, 0.4) is 0 Å². The highest BCUT2D eigenvalue weighted by molar-refractivity contribution is 7.09. The summed E-state index contributed by atoms with van der Waals surface area (Å²) >= 11 is 1.33. The summed E-state index contributed by atoms with van der Waals surface area (Å²) in [5.41, 5.74) is 6.65. The standard InChI is InChI=1S/C13H16N4O3S.ClH/c1-3-20-13(19)10-4-8(6-17(10)2)15-12(18)9-7-21-11(5-14)16-9;/h4,6-7H,3,5,14H2,1-2H3,(H,15,18);1H. The molecule has 0 atom stereocenters. The molecule has 0 aliphatic heterocycles. The number of nitrogens with two attached hydrogens (primary N) is 1. The highest BCUT2D eigenvalue weighted by atomic mass is 35.5. The molecule has 1 amide bonds. The van der Waals surface area contributed by atoms with Crippen molar-refractivity contribution in [2.45, 2.75) is 13.5 Å². The number of carbonyl (C=O) groups excluding carboxylic acids is 2. The van der Waals surface area contributed by atoms with Gasteiger partial charge in [0.25, 0.3) is 5.91 Å². The van der Waals surface area contributed by atoms with Crippen LogP contribution in [0.15, 0.2) is 17.6 Å². The molecule has 0 fully saturated rings. The molecular weight excluding hydrogens is 328 g/mol. The molecule has 0 saturated heterocycles. The van der Waals surface area contributed by atoms with Crippen molar-refractivity contribution < 1.29 is 14.3 Å². The maximum absolute atomic E-state index is 12.0. The molecular formula is C13H17ClN4O3S. The van der Waals surface area contributed by atoms with E-state index in [1.165, 1.54) is 11.3 Å². The summed E-state index contributed by atoms with van der Waals surface area (Å²) in [6, 6.07) is 1.56. The van der Waals surface area contributed by atoms with Gasteiger partial charge in [0.05, 0.1) is 12.3 Å². The van der Waals surface area contributed by atoms with E-state index in [0.717, 1.165) is 0 Å². The predicted molar refractivity (Wildman–Crippen MR) is 86.6 cm³/mol. The minimum atomic E-state index is -0.431. The van der Waals surface area contributed by atoms with Crippen LogP contribution in [0.25, 0.3) is 0 Å². The van der Waals surface area contributed by atoms with Gasteiger partial charge < -0.3 is 20.4 Å². The Labute approximate surface area is 137 Å². The summed E-state index contributed by atoms with van der Waals surface area (Å²) in [6.45, 7) is 2.34. The maximum Gasteiger partial charge on any atom is 0.355 e. The van der Waals surface area contributed by atoms with Crippen molar-refractivity contribution in [1.82, 2.24) is 9.55 Å². The SMILES string of the molecule is CCOC(=O)c1cc(NC(=O)c2csc(CN)n2)cn1C.Cl. The second kappa shape index (κ2) is 7.92. The highest BCUT2D eigenvalue weighted by Gasteiger charge is 2.16. The van der Waals surface area contributed by atoms with Gasteiger partial charge in [-0.05, 0) is 13.0 Å². The second-order valence-electron chi connectivity index (χ2n) is 4.23. The van der Waals surface area contributed by atoms with E-state index < -0.39 is 5.97 Å².